The second-order valence-electron chi connectivity index (χ2n) is 7.64. The number of amides is 1. The Labute approximate surface area is 179 Å². The molecule has 0 radical (unpaired) electrons. The summed E-state index contributed by atoms with van der Waals surface area (Å²) < 4.78 is 7.57. The van der Waals surface area contributed by atoms with Crippen molar-refractivity contribution in [3.05, 3.63) is 101 Å². The minimum Gasteiger partial charge on any atom is -0.454 e. The molecule has 1 N–H and O–H groups in total. The van der Waals surface area contributed by atoms with Gasteiger partial charge in [0.05, 0.1) is 23.1 Å². The number of ether oxygens (including phenoxy) is 1. The van der Waals surface area contributed by atoms with Gasteiger partial charge in [-0.2, -0.15) is 0 Å². The maximum Gasteiger partial charge on any atom is 0.339 e. The standard InChI is InChI=1S/C25H21N3O3/c1-28-21-10-6-5-9-20(21)27-23(28)15-26-24(29)17-11-12-19-18(13-17)14-22(31-25(19)30)16-7-3-2-4-8-16/h2-13,22H,14-15H2,1H3,(H,26,29). The van der Waals surface area contributed by atoms with Gasteiger partial charge in [-0.1, -0.05) is 42.5 Å². The van der Waals surface area contributed by atoms with Gasteiger partial charge in [0, 0.05) is 19.0 Å². The van der Waals surface area contributed by atoms with E-state index in [4.69, 9.17) is 4.74 Å². The zero-order valence-corrected chi connectivity index (χ0v) is 17.0. The van der Waals surface area contributed by atoms with Crippen LogP contribution in [0.2, 0.25) is 0 Å². The number of imidazole rings is 1. The molecule has 1 aromatic heterocycles. The Morgan fingerprint density at radius 2 is 1.87 bits per heavy atom. The first-order valence-electron chi connectivity index (χ1n) is 10.2. The van der Waals surface area contributed by atoms with Crippen molar-refractivity contribution in [1.82, 2.24) is 14.9 Å². The molecule has 1 amide bonds. The molecule has 0 bridgehead atoms. The lowest BCUT2D eigenvalue weighted by Crippen LogP contribution is -2.26. The number of esters is 1. The molecule has 4 aromatic rings. The molecule has 3 aromatic carbocycles. The predicted octanol–water partition coefficient (Wildman–Crippen LogP) is 3.96. The van der Waals surface area contributed by atoms with E-state index in [-0.39, 0.29) is 18.0 Å². The number of aryl methyl sites for hydroxylation is 1. The Bertz CT molecular complexity index is 1290. The topological polar surface area (TPSA) is 73.2 Å². The maximum atomic E-state index is 12.8. The van der Waals surface area contributed by atoms with Crippen molar-refractivity contribution in [2.45, 2.75) is 19.1 Å². The van der Waals surface area contributed by atoms with E-state index in [1.807, 2.05) is 66.2 Å². The lowest BCUT2D eigenvalue weighted by Gasteiger charge is -2.25. The number of nitrogens with one attached hydrogen (secondary N) is 1. The van der Waals surface area contributed by atoms with Crippen LogP contribution < -0.4 is 5.32 Å². The molecule has 0 fully saturated rings. The molecule has 6 nitrogen and oxygen atoms in total. The number of hydrogen-bond acceptors (Lipinski definition) is 4. The van der Waals surface area contributed by atoms with Gasteiger partial charge in [0.15, 0.2) is 0 Å². The average Bonchev–Trinajstić information content (AvgIpc) is 3.13. The number of nitrogens with zero attached hydrogens (tertiary/aromatic N) is 2. The Balaban J connectivity index is 1.34. The number of fused-ring (bicyclic) bond motifs is 2. The van der Waals surface area contributed by atoms with Gasteiger partial charge in [0.2, 0.25) is 0 Å². The number of aromatic nitrogens is 2. The summed E-state index contributed by atoms with van der Waals surface area (Å²) in [6.45, 7) is 0.315. The van der Waals surface area contributed by atoms with Gasteiger partial charge in [-0.05, 0) is 41.5 Å². The van der Waals surface area contributed by atoms with E-state index in [0.29, 0.717) is 24.1 Å². The monoisotopic (exact) mass is 411 g/mol. The highest BCUT2D eigenvalue weighted by Crippen LogP contribution is 2.31. The van der Waals surface area contributed by atoms with Crippen LogP contribution in [0.4, 0.5) is 0 Å². The van der Waals surface area contributed by atoms with Gasteiger partial charge >= 0.3 is 5.97 Å². The van der Waals surface area contributed by atoms with E-state index < -0.39 is 0 Å². The van der Waals surface area contributed by atoms with Crippen molar-refractivity contribution in [1.29, 1.82) is 0 Å². The normalized spacial score (nSPS) is 15.4. The Morgan fingerprint density at radius 1 is 1.10 bits per heavy atom. The lowest BCUT2D eigenvalue weighted by atomic mass is 9.93. The molecule has 31 heavy (non-hydrogen) atoms. The SMILES string of the molecule is Cn1c(CNC(=O)c2ccc3c(c2)CC(c2ccccc2)OC3=O)nc2ccccc21. The summed E-state index contributed by atoms with van der Waals surface area (Å²) in [5.41, 5.74) is 4.70. The van der Waals surface area contributed by atoms with E-state index in [1.165, 1.54) is 0 Å². The third-order valence-corrected chi connectivity index (χ3v) is 5.70. The summed E-state index contributed by atoms with van der Waals surface area (Å²) in [5.74, 6) is 0.215. The molecule has 6 heteroatoms. The van der Waals surface area contributed by atoms with Crippen LogP contribution >= 0.6 is 0 Å². The fraction of sp³-hybridized carbons (Fsp3) is 0.160. The van der Waals surface area contributed by atoms with E-state index in [0.717, 1.165) is 28.0 Å². The molecule has 1 atom stereocenters. The second kappa shape index (κ2) is 7.72. The van der Waals surface area contributed by atoms with Crippen LogP contribution in [0.15, 0.2) is 72.8 Å². The average molecular weight is 411 g/mol. The summed E-state index contributed by atoms with van der Waals surface area (Å²) in [7, 11) is 1.94. The van der Waals surface area contributed by atoms with E-state index >= 15 is 0 Å². The molecule has 0 saturated carbocycles. The largest absolute Gasteiger partial charge is 0.454 e. The Hall–Kier alpha value is -3.93. The van der Waals surface area contributed by atoms with Crippen LogP contribution in [-0.2, 0) is 24.8 Å². The van der Waals surface area contributed by atoms with E-state index in [9.17, 15) is 9.59 Å². The maximum absolute atomic E-state index is 12.8. The number of cyclic esters (lactones) is 1. The highest BCUT2D eigenvalue weighted by Gasteiger charge is 2.28. The highest BCUT2D eigenvalue weighted by atomic mass is 16.5. The molecular weight excluding hydrogens is 390 g/mol. The van der Waals surface area contributed by atoms with Crippen molar-refractivity contribution < 1.29 is 14.3 Å². The van der Waals surface area contributed by atoms with Crippen molar-refractivity contribution >= 4 is 22.9 Å². The number of hydrogen-bond donors (Lipinski definition) is 1. The van der Waals surface area contributed by atoms with Crippen molar-refractivity contribution in [2.75, 3.05) is 0 Å². The van der Waals surface area contributed by atoms with Crippen LogP contribution in [-0.4, -0.2) is 21.4 Å². The van der Waals surface area contributed by atoms with E-state index in [2.05, 4.69) is 10.3 Å². The molecule has 1 unspecified atom stereocenters. The van der Waals surface area contributed by atoms with Gasteiger partial charge in [0.25, 0.3) is 5.91 Å². The Morgan fingerprint density at radius 3 is 2.68 bits per heavy atom. The zero-order valence-electron chi connectivity index (χ0n) is 17.0. The summed E-state index contributed by atoms with van der Waals surface area (Å²) in [4.78, 5) is 29.8. The minimum absolute atomic E-state index is 0.204. The zero-order chi connectivity index (χ0) is 21.4. The molecule has 1 aliphatic rings. The molecule has 5 rings (SSSR count). The number of rotatable bonds is 4. The first-order valence-corrected chi connectivity index (χ1v) is 10.2. The lowest BCUT2D eigenvalue weighted by molar-refractivity contribution is 0.0252. The number of para-hydroxylation sites is 2. The summed E-state index contributed by atoms with van der Waals surface area (Å²) in [6.07, 6.45) is 0.191. The van der Waals surface area contributed by atoms with Crippen molar-refractivity contribution in [3.63, 3.8) is 0 Å². The van der Waals surface area contributed by atoms with Gasteiger partial charge in [-0.3, -0.25) is 4.79 Å². The Kier molecular flexibility index (Phi) is 4.75. The van der Waals surface area contributed by atoms with Crippen molar-refractivity contribution in [2.24, 2.45) is 7.05 Å². The molecule has 0 saturated heterocycles. The van der Waals surface area contributed by atoms with Gasteiger partial charge in [-0.25, -0.2) is 9.78 Å². The summed E-state index contributed by atoms with van der Waals surface area (Å²) in [5, 5.41) is 2.94. The quantitative estimate of drug-likeness (QED) is 0.516. The van der Waals surface area contributed by atoms with Crippen LogP contribution in [0.1, 0.15) is 43.8 Å². The fourth-order valence-electron chi connectivity index (χ4n) is 4.01. The molecule has 154 valence electrons. The van der Waals surface area contributed by atoms with Gasteiger partial charge < -0.3 is 14.6 Å². The first-order chi connectivity index (χ1) is 15.1. The number of carbonyl (C=O) groups is 2. The number of carbonyl (C=O) groups excluding carboxylic acids is 2. The van der Waals surface area contributed by atoms with Crippen LogP contribution in [0.3, 0.4) is 0 Å². The molecule has 1 aliphatic heterocycles. The third-order valence-electron chi connectivity index (χ3n) is 5.70. The smallest absolute Gasteiger partial charge is 0.339 e. The third kappa shape index (κ3) is 3.57. The highest BCUT2D eigenvalue weighted by molar-refractivity contribution is 5.97. The van der Waals surface area contributed by atoms with Gasteiger partial charge in [-0.15, -0.1) is 0 Å². The summed E-state index contributed by atoms with van der Waals surface area (Å²) >= 11 is 0. The van der Waals surface area contributed by atoms with Crippen LogP contribution in [0.5, 0.6) is 0 Å². The van der Waals surface area contributed by atoms with Crippen LogP contribution in [0.25, 0.3) is 11.0 Å². The van der Waals surface area contributed by atoms with Gasteiger partial charge in [0.1, 0.15) is 11.9 Å². The predicted molar refractivity (Wildman–Crippen MR) is 117 cm³/mol. The molecule has 0 spiro atoms. The van der Waals surface area contributed by atoms with Crippen molar-refractivity contribution in [3.8, 4) is 0 Å². The second-order valence-corrected chi connectivity index (χ2v) is 7.64. The summed E-state index contributed by atoms with van der Waals surface area (Å²) in [6, 6.07) is 22.6. The number of benzene rings is 3. The molecule has 2 heterocycles. The minimum atomic E-state index is -0.359. The van der Waals surface area contributed by atoms with E-state index in [1.54, 1.807) is 18.2 Å². The fourth-order valence-corrected chi connectivity index (χ4v) is 4.01. The van der Waals surface area contributed by atoms with Crippen LogP contribution in [0, 0.1) is 0 Å². The molecule has 0 aliphatic carbocycles. The first kappa shape index (κ1) is 19.1. The molecular formula is C25H21N3O3.